The van der Waals surface area contributed by atoms with Crippen molar-refractivity contribution in [1.82, 2.24) is 4.90 Å². The van der Waals surface area contributed by atoms with Crippen molar-refractivity contribution in [2.75, 3.05) is 13.6 Å². The van der Waals surface area contributed by atoms with Gasteiger partial charge in [-0.3, -0.25) is 4.90 Å². The Kier molecular flexibility index (Phi) is 4.65. The highest BCUT2D eigenvalue weighted by atomic mass is 16.3. The molecule has 3 heteroatoms. The zero-order valence-corrected chi connectivity index (χ0v) is 7.78. The van der Waals surface area contributed by atoms with Gasteiger partial charge >= 0.3 is 0 Å². The highest BCUT2D eigenvalue weighted by molar-refractivity contribution is 4.64. The van der Waals surface area contributed by atoms with E-state index in [1.807, 2.05) is 13.8 Å². The van der Waals surface area contributed by atoms with Crippen LogP contribution >= 0.6 is 0 Å². The molecule has 0 radical (unpaired) electrons. The van der Waals surface area contributed by atoms with E-state index in [9.17, 15) is 5.11 Å². The highest BCUT2D eigenvalue weighted by Gasteiger charge is 2.13. The molecule has 0 saturated carbocycles. The first-order valence-corrected chi connectivity index (χ1v) is 4.01. The Balaban J connectivity index is 3.66. The molecule has 3 nitrogen and oxygen atoms in total. The van der Waals surface area contributed by atoms with Gasteiger partial charge in [0.15, 0.2) is 0 Å². The standard InChI is InChI=1S/C8H19NO2/c1-6(2)8(11)5-9(4)7(3)10/h6-8,10-11H,5H2,1-4H3. The lowest BCUT2D eigenvalue weighted by molar-refractivity contribution is -0.00444. The fourth-order valence-electron chi connectivity index (χ4n) is 0.658. The molecule has 0 heterocycles. The molecular weight excluding hydrogens is 142 g/mol. The van der Waals surface area contributed by atoms with Crippen molar-refractivity contribution in [3.8, 4) is 0 Å². The lowest BCUT2D eigenvalue weighted by atomic mass is 10.1. The second-order valence-electron chi connectivity index (χ2n) is 3.38. The Morgan fingerprint density at radius 2 is 1.64 bits per heavy atom. The van der Waals surface area contributed by atoms with Crippen molar-refractivity contribution in [1.29, 1.82) is 0 Å². The van der Waals surface area contributed by atoms with Crippen LogP contribution in [0.2, 0.25) is 0 Å². The second-order valence-corrected chi connectivity index (χ2v) is 3.38. The van der Waals surface area contributed by atoms with Gasteiger partial charge < -0.3 is 10.2 Å². The normalized spacial score (nSPS) is 17.5. The van der Waals surface area contributed by atoms with Crippen molar-refractivity contribution in [3.63, 3.8) is 0 Å². The minimum Gasteiger partial charge on any atom is -0.392 e. The molecule has 68 valence electrons. The monoisotopic (exact) mass is 161 g/mol. The Labute approximate surface area is 68.6 Å². The van der Waals surface area contributed by atoms with Crippen LogP contribution in [0, 0.1) is 5.92 Å². The van der Waals surface area contributed by atoms with Gasteiger partial charge in [0.1, 0.15) is 6.23 Å². The molecule has 0 aromatic rings. The minimum atomic E-state index is -0.483. The van der Waals surface area contributed by atoms with Gasteiger partial charge in [0.2, 0.25) is 0 Å². The van der Waals surface area contributed by atoms with Crippen LogP contribution < -0.4 is 0 Å². The molecule has 2 atom stereocenters. The highest BCUT2D eigenvalue weighted by Crippen LogP contribution is 2.03. The van der Waals surface area contributed by atoms with E-state index < -0.39 is 6.23 Å². The van der Waals surface area contributed by atoms with Crippen LogP contribution in [0.3, 0.4) is 0 Å². The van der Waals surface area contributed by atoms with Crippen LogP contribution in [0.5, 0.6) is 0 Å². The van der Waals surface area contributed by atoms with Crippen LogP contribution in [0.15, 0.2) is 0 Å². The van der Waals surface area contributed by atoms with Gasteiger partial charge in [-0.15, -0.1) is 0 Å². The second kappa shape index (κ2) is 4.70. The maximum Gasteiger partial charge on any atom is 0.104 e. The smallest absolute Gasteiger partial charge is 0.104 e. The van der Waals surface area contributed by atoms with Crippen LogP contribution in [-0.2, 0) is 0 Å². The third-order valence-electron chi connectivity index (χ3n) is 1.88. The van der Waals surface area contributed by atoms with Gasteiger partial charge in [0.25, 0.3) is 0 Å². The number of nitrogens with zero attached hydrogens (tertiary/aromatic N) is 1. The molecule has 11 heavy (non-hydrogen) atoms. The fourth-order valence-corrected chi connectivity index (χ4v) is 0.658. The molecule has 0 fully saturated rings. The van der Waals surface area contributed by atoms with E-state index in [1.54, 1.807) is 18.9 Å². The summed E-state index contributed by atoms with van der Waals surface area (Å²) in [6.07, 6.45) is -0.835. The predicted molar refractivity (Wildman–Crippen MR) is 45.2 cm³/mol. The van der Waals surface area contributed by atoms with Crippen molar-refractivity contribution in [2.45, 2.75) is 33.1 Å². The van der Waals surface area contributed by atoms with Gasteiger partial charge in [-0.05, 0) is 19.9 Å². The average Bonchev–Trinajstić information content (AvgIpc) is 1.87. The molecule has 2 unspecified atom stereocenters. The molecule has 0 rings (SSSR count). The molecule has 0 saturated heterocycles. The molecule has 0 aliphatic carbocycles. The van der Waals surface area contributed by atoms with Crippen LogP contribution in [0.4, 0.5) is 0 Å². The topological polar surface area (TPSA) is 43.7 Å². The maximum absolute atomic E-state index is 9.39. The summed E-state index contributed by atoms with van der Waals surface area (Å²) in [4.78, 5) is 1.71. The summed E-state index contributed by atoms with van der Waals surface area (Å²) in [6.45, 7) is 6.13. The summed E-state index contributed by atoms with van der Waals surface area (Å²) in [5.41, 5.74) is 0. The van der Waals surface area contributed by atoms with Crippen LogP contribution in [0.1, 0.15) is 20.8 Å². The molecule has 2 N–H and O–H groups in total. The van der Waals surface area contributed by atoms with Gasteiger partial charge in [0.05, 0.1) is 6.10 Å². The number of aliphatic hydroxyl groups excluding tert-OH is 2. The molecule has 0 bridgehead atoms. The van der Waals surface area contributed by atoms with E-state index in [4.69, 9.17) is 5.11 Å². The molecule has 0 aliphatic heterocycles. The van der Waals surface area contributed by atoms with Crippen LogP contribution in [0.25, 0.3) is 0 Å². The number of hydrogen-bond acceptors (Lipinski definition) is 3. The minimum absolute atomic E-state index is 0.246. The first kappa shape index (κ1) is 10.9. The summed E-state index contributed by atoms with van der Waals surface area (Å²) < 4.78 is 0. The summed E-state index contributed by atoms with van der Waals surface area (Å²) in [6, 6.07) is 0. The van der Waals surface area contributed by atoms with Crippen molar-refractivity contribution in [3.05, 3.63) is 0 Å². The molecular formula is C8H19NO2. The van der Waals surface area contributed by atoms with Gasteiger partial charge in [0, 0.05) is 6.54 Å². The molecule has 0 aromatic heterocycles. The van der Waals surface area contributed by atoms with Crippen molar-refractivity contribution < 1.29 is 10.2 Å². The lowest BCUT2D eigenvalue weighted by Crippen LogP contribution is -2.37. The lowest BCUT2D eigenvalue weighted by Gasteiger charge is -2.24. The summed E-state index contributed by atoms with van der Waals surface area (Å²) in [5.74, 6) is 0.246. The maximum atomic E-state index is 9.39. The third-order valence-corrected chi connectivity index (χ3v) is 1.88. The number of likely N-dealkylation sites (N-methyl/N-ethyl adjacent to an activating group) is 1. The Morgan fingerprint density at radius 3 is 1.91 bits per heavy atom. The third kappa shape index (κ3) is 4.35. The number of aliphatic hydroxyl groups is 2. The Bertz CT molecular complexity index is 92.3. The summed E-state index contributed by atoms with van der Waals surface area (Å²) in [7, 11) is 1.79. The SMILES string of the molecule is CC(C)C(O)CN(C)C(C)O. The van der Waals surface area contributed by atoms with Crippen LogP contribution in [-0.4, -0.2) is 41.0 Å². The average molecular weight is 161 g/mol. The fraction of sp³-hybridized carbons (Fsp3) is 1.00. The van der Waals surface area contributed by atoms with Gasteiger partial charge in [-0.1, -0.05) is 13.8 Å². The largest absolute Gasteiger partial charge is 0.392 e. The Morgan fingerprint density at radius 1 is 1.18 bits per heavy atom. The first-order valence-electron chi connectivity index (χ1n) is 4.01. The van der Waals surface area contributed by atoms with E-state index in [1.165, 1.54) is 0 Å². The summed E-state index contributed by atoms with van der Waals surface area (Å²) >= 11 is 0. The zero-order valence-electron chi connectivity index (χ0n) is 7.78. The molecule has 0 spiro atoms. The van der Waals surface area contributed by atoms with E-state index in [0.717, 1.165) is 0 Å². The van der Waals surface area contributed by atoms with E-state index in [0.29, 0.717) is 6.54 Å². The number of rotatable bonds is 4. The van der Waals surface area contributed by atoms with E-state index in [-0.39, 0.29) is 12.0 Å². The first-order chi connectivity index (χ1) is 4.95. The number of hydrogen-bond donors (Lipinski definition) is 2. The molecule has 0 aliphatic rings. The summed E-state index contributed by atoms with van der Waals surface area (Å²) in [5, 5.41) is 18.5. The van der Waals surface area contributed by atoms with Gasteiger partial charge in [-0.25, -0.2) is 0 Å². The van der Waals surface area contributed by atoms with Crippen molar-refractivity contribution >= 4 is 0 Å². The van der Waals surface area contributed by atoms with E-state index >= 15 is 0 Å². The zero-order chi connectivity index (χ0) is 9.02. The molecule has 0 amide bonds. The molecule has 0 aromatic carbocycles. The predicted octanol–water partition coefficient (Wildman–Crippen LogP) is 0.273. The Hall–Kier alpha value is -0.120. The quantitative estimate of drug-likeness (QED) is 0.582. The van der Waals surface area contributed by atoms with Crippen molar-refractivity contribution in [2.24, 2.45) is 5.92 Å². The van der Waals surface area contributed by atoms with E-state index in [2.05, 4.69) is 0 Å². The van der Waals surface area contributed by atoms with Gasteiger partial charge in [-0.2, -0.15) is 0 Å².